The van der Waals surface area contributed by atoms with E-state index < -0.39 is 6.04 Å². The zero-order valence-corrected chi connectivity index (χ0v) is 26.6. The van der Waals surface area contributed by atoms with Crippen molar-refractivity contribution >= 4 is 18.2 Å². The highest BCUT2D eigenvalue weighted by Gasteiger charge is 2.31. The SMILES string of the molecule is CCC(=O)N1CCC[C@H]1c1ncc(-c2cnc(-c3ccc(-c4cnc([C@H](C)N(C)C(=O)[C@H](NC=O)c5ccccc5)[nH]4)cc3)nc2)[nH]1. The maximum atomic E-state index is 13.3. The number of aromatic amines is 2. The van der Waals surface area contributed by atoms with Crippen molar-refractivity contribution in [3.05, 3.63) is 96.6 Å². The van der Waals surface area contributed by atoms with E-state index in [0.717, 1.165) is 53.3 Å². The number of carbonyl (C=O) groups excluding carboxylic acids is 3. The highest BCUT2D eigenvalue weighted by molar-refractivity contribution is 5.85. The van der Waals surface area contributed by atoms with Gasteiger partial charge in [-0.25, -0.2) is 19.9 Å². The lowest BCUT2D eigenvalue weighted by Gasteiger charge is -2.28. The van der Waals surface area contributed by atoms with E-state index in [2.05, 4.69) is 35.2 Å². The number of carbonyl (C=O) groups is 3. The van der Waals surface area contributed by atoms with Crippen molar-refractivity contribution in [3.63, 3.8) is 0 Å². The Balaban J connectivity index is 1.11. The molecule has 0 spiro atoms. The van der Waals surface area contributed by atoms with Gasteiger partial charge in [0, 0.05) is 43.5 Å². The average Bonchev–Trinajstić information content (AvgIpc) is 3.91. The number of H-pyrrole nitrogens is 2. The van der Waals surface area contributed by atoms with E-state index in [0.29, 0.717) is 30.0 Å². The third-order valence-corrected chi connectivity index (χ3v) is 8.74. The monoisotopic (exact) mass is 631 g/mol. The van der Waals surface area contributed by atoms with Crippen molar-refractivity contribution in [3.8, 4) is 33.9 Å². The second-order valence-electron chi connectivity index (χ2n) is 11.6. The molecule has 0 saturated carbocycles. The molecule has 0 unspecified atom stereocenters. The van der Waals surface area contributed by atoms with Crippen LogP contribution in [0.1, 0.15) is 68.4 Å². The molecular formula is C35H37N9O3. The molecule has 12 heteroatoms. The number of nitrogens with zero attached hydrogens (tertiary/aromatic N) is 6. The molecule has 2 aromatic carbocycles. The molecule has 3 amide bonds. The molecule has 3 N–H and O–H groups in total. The zero-order chi connectivity index (χ0) is 32.9. The van der Waals surface area contributed by atoms with Gasteiger partial charge in [0.1, 0.15) is 17.7 Å². The van der Waals surface area contributed by atoms with Crippen LogP contribution < -0.4 is 5.32 Å². The summed E-state index contributed by atoms with van der Waals surface area (Å²) < 4.78 is 0. The third-order valence-electron chi connectivity index (χ3n) is 8.74. The van der Waals surface area contributed by atoms with E-state index >= 15 is 0 Å². The van der Waals surface area contributed by atoms with Crippen LogP contribution in [0.4, 0.5) is 0 Å². The lowest BCUT2D eigenvalue weighted by molar-refractivity contribution is -0.135. The van der Waals surface area contributed by atoms with E-state index in [4.69, 9.17) is 0 Å². The van der Waals surface area contributed by atoms with E-state index in [-0.39, 0.29) is 23.9 Å². The van der Waals surface area contributed by atoms with Gasteiger partial charge in [-0.3, -0.25) is 14.4 Å². The van der Waals surface area contributed by atoms with Crippen molar-refractivity contribution in [1.82, 2.24) is 45.0 Å². The molecule has 0 aliphatic carbocycles. The number of likely N-dealkylation sites (N-methyl/N-ethyl adjacent to an activating group) is 1. The molecule has 47 heavy (non-hydrogen) atoms. The fourth-order valence-corrected chi connectivity index (χ4v) is 5.92. The van der Waals surface area contributed by atoms with Gasteiger partial charge < -0.3 is 25.1 Å². The zero-order valence-electron chi connectivity index (χ0n) is 26.6. The van der Waals surface area contributed by atoms with E-state index in [1.807, 2.05) is 73.3 Å². The van der Waals surface area contributed by atoms with Crippen LogP contribution >= 0.6 is 0 Å². The number of amides is 3. The topological polar surface area (TPSA) is 153 Å². The molecule has 1 aliphatic heterocycles. The number of likely N-dealkylation sites (tertiary alicyclic amines) is 1. The quantitative estimate of drug-likeness (QED) is 0.173. The van der Waals surface area contributed by atoms with Gasteiger partial charge >= 0.3 is 0 Å². The van der Waals surface area contributed by atoms with Crippen LogP contribution in [0.3, 0.4) is 0 Å². The summed E-state index contributed by atoms with van der Waals surface area (Å²) in [7, 11) is 1.70. The molecule has 1 saturated heterocycles. The van der Waals surface area contributed by atoms with Gasteiger partial charge in [-0.1, -0.05) is 61.5 Å². The fourth-order valence-electron chi connectivity index (χ4n) is 5.92. The lowest BCUT2D eigenvalue weighted by Crippen LogP contribution is -2.40. The van der Waals surface area contributed by atoms with Gasteiger partial charge in [-0.2, -0.15) is 0 Å². The number of rotatable bonds is 11. The molecule has 1 fully saturated rings. The van der Waals surface area contributed by atoms with Crippen LogP contribution in [-0.2, 0) is 14.4 Å². The Bertz CT molecular complexity index is 1830. The van der Waals surface area contributed by atoms with Crippen molar-refractivity contribution in [2.24, 2.45) is 0 Å². The smallest absolute Gasteiger partial charge is 0.250 e. The standard InChI is InChI=1S/C35H37N9O3/c1-4-30(46)44-16-8-11-29(44)34-39-20-28(42-34)26-17-36-33(37-18-26)25-14-12-23(13-15-25)27-19-38-32(41-27)22(2)43(3)35(47)31(40-21-45)24-9-6-5-7-10-24/h5-7,9-10,12-15,17-22,29,31H,4,8,11,16H2,1-3H3,(H,38,41)(H,39,42)(H,40,45)/t22-,29-,31+/m0/s1. The first kappa shape index (κ1) is 31.3. The van der Waals surface area contributed by atoms with Crippen LogP contribution in [0.15, 0.2) is 79.4 Å². The second-order valence-corrected chi connectivity index (χ2v) is 11.6. The maximum absolute atomic E-state index is 13.3. The van der Waals surface area contributed by atoms with Crippen LogP contribution in [0, 0.1) is 0 Å². The van der Waals surface area contributed by atoms with Crippen LogP contribution in [0.2, 0.25) is 0 Å². The summed E-state index contributed by atoms with van der Waals surface area (Å²) in [5.74, 6) is 1.90. The van der Waals surface area contributed by atoms with Gasteiger partial charge in [0.05, 0.1) is 35.9 Å². The minimum Gasteiger partial charge on any atom is -0.343 e. The largest absolute Gasteiger partial charge is 0.343 e. The molecule has 6 rings (SSSR count). The molecule has 4 heterocycles. The number of hydrogen-bond donors (Lipinski definition) is 3. The summed E-state index contributed by atoms with van der Waals surface area (Å²) >= 11 is 0. The number of imidazole rings is 2. The fraction of sp³-hybridized carbons (Fsp3) is 0.286. The molecule has 5 aromatic rings. The molecule has 12 nitrogen and oxygen atoms in total. The van der Waals surface area contributed by atoms with Gasteiger partial charge in [0.15, 0.2) is 5.82 Å². The number of hydrogen-bond acceptors (Lipinski definition) is 7. The minimum atomic E-state index is -0.795. The van der Waals surface area contributed by atoms with E-state index in [9.17, 15) is 14.4 Å². The predicted octanol–water partition coefficient (Wildman–Crippen LogP) is 5.00. The molecule has 240 valence electrons. The summed E-state index contributed by atoms with van der Waals surface area (Å²) in [5, 5.41) is 2.64. The summed E-state index contributed by atoms with van der Waals surface area (Å²) in [6.07, 6.45) is 9.94. The van der Waals surface area contributed by atoms with Crippen molar-refractivity contribution in [2.45, 2.75) is 51.2 Å². The number of aromatic nitrogens is 6. The predicted molar refractivity (Wildman–Crippen MR) is 176 cm³/mol. The Kier molecular flexibility index (Phi) is 9.18. The normalized spacial score (nSPS) is 15.6. The molecular weight excluding hydrogens is 594 g/mol. The Morgan fingerprint density at radius 3 is 2.32 bits per heavy atom. The summed E-state index contributed by atoms with van der Waals surface area (Å²) in [6, 6.07) is 15.8. The third kappa shape index (κ3) is 6.53. The average molecular weight is 632 g/mol. The summed E-state index contributed by atoms with van der Waals surface area (Å²) in [5.41, 5.74) is 4.91. The van der Waals surface area contributed by atoms with Gasteiger partial charge in [-0.05, 0) is 30.9 Å². The van der Waals surface area contributed by atoms with E-state index in [1.54, 1.807) is 36.7 Å². The molecule has 3 atom stereocenters. The van der Waals surface area contributed by atoms with Crippen LogP contribution in [0.25, 0.3) is 33.9 Å². The Morgan fingerprint density at radius 1 is 0.936 bits per heavy atom. The van der Waals surface area contributed by atoms with Gasteiger partial charge in [-0.15, -0.1) is 0 Å². The lowest BCUT2D eigenvalue weighted by atomic mass is 10.1. The summed E-state index contributed by atoms with van der Waals surface area (Å²) in [4.78, 5) is 65.4. The van der Waals surface area contributed by atoms with Crippen molar-refractivity contribution in [2.75, 3.05) is 13.6 Å². The highest BCUT2D eigenvalue weighted by atomic mass is 16.2. The first-order valence-electron chi connectivity index (χ1n) is 15.7. The van der Waals surface area contributed by atoms with Crippen LogP contribution in [-0.4, -0.2) is 71.5 Å². The minimum absolute atomic E-state index is 0.0230. The number of benzene rings is 2. The van der Waals surface area contributed by atoms with Crippen LogP contribution in [0.5, 0.6) is 0 Å². The summed E-state index contributed by atoms with van der Waals surface area (Å²) in [6.45, 7) is 4.53. The first-order valence-corrected chi connectivity index (χ1v) is 15.7. The highest BCUT2D eigenvalue weighted by Crippen LogP contribution is 2.32. The number of nitrogens with one attached hydrogen (secondary N) is 3. The van der Waals surface area contributed by atoms with Gasteiger partial charge in [0.25, 0.3) is 0 Å². The first-order chi connectivity index (χ1) is 22.9. The van der Waals surface area contributed by atoms with E-state index in [1.165, 1.54) is 0 Å². The molecule has 1 aliphatic rings. The maximum Gasteiger partial charge on any atom is 0.250 e. The molecule has 0 bridgehead atoms. The molecule has 3 aromatic heterocycles. The second kappa shape index (κ2) is 13.8. The van der Waals surface area contributed by atoms with Crippen molar-refractivity contribution in [1.29, 1.82) is 0 Å². The Hall–Kier alpha value is -5.65. The Labute approximate surface area is 272 Å². The molecule has 0 radical (unpaired) electrons. The van der Waals surface area contributed by atoms with Crippen molar-refractivity contribution < 1.29 is 14.4 Å². The Morgan fingerprint density at radius 2 is 1.62 bits per heavy atom. The van der Waals surface area contributed by atoms with Gasteiger partial charge in [0.2, 0.25) is 18.2 Å².